The zero-order valence-electron chi connectivity index (χ0n) is 75.1. The Morgan fingerprint density at radius 1 is 0.182 bits per heavy atom. The number of hydrogen-bond acceptors (Lipinski definition) is 5. The summed E-state index contributed by atoms with van der Waals surface area (Å²) in [5.74, 6) is 3.65. The molecule has 27 rings (SSSR count). The Balaban J connectivity index is 0.000000109. The fraction of sp³-hybridized carbons (Fsp3) is 0.0233. The maximum atomic E-state index is 6.66. The van der Waals surface area contributed by atoms with Gasteiger partial charge in [0.2, 0.25) is 0 Å². The zero-order valence-corrected chi connectivity index (χ0v) is 77.6. The number of rotatable bonds is 12. The molecule has 0 radical (unpaired) electrons. The van der Waals surface area contributed by atoms with Crippen LogP contribution < -0.4 is 9.47 Å². The Labute approximate surface area is 808 Å². The van der Waals surface area contributed by atoms with Crippen molar-refractivity contribution in [3.63, 3.8) is 0 Å². The van der Waals surface area contributed by atoms with E-state index in [1.807, 2.05) is 30.0 Å². The fourth-order valence-corrected chi connectivity index (χ4v) is 23.9. The molecule has 3 aromatic heterocycles. The maximum Gasteiger partial charge on any atom is 0.166 e. The first-order valence-corrected chi connectivity index (χ1v) is 49.1. The molecule has 6 heterocycles. The van der Waals surface area contributed by atoms with E-state index >= 15 is 0 Å². The van der Waals surface area contributed by atoms with Gasteiger partial charge in [-0.25, -0.2) is 0 Å². The first-order chi connectivity index (χ1) is 67.6. The molecule has 0 saturated heterocycles. The van der Waals surface area contributed by atoms with E-state index in [0.717, 1.165) is 65.0 Å². The molecule has 3 aliphatic rings. The van der Waals surface area contributed by atoms with Gasteiger partial charge >= 0.3 is 0 Å². The van der Waals surface area contributed by atoms with Gasteiger partial charge in [0.15, 0.2) is 5.75 Å². The molecule has 0 N–H and O–H groups in total. The van der Waals surface area contributed by atoms with Crippen LogP contribution >= 0.6 is 35.3 Å². The van der Waals surface area contributed by atoms with Crippen LogP contribution in [0.5, 0.6) is 23.0 Å². The number of nitrogens with zero attached hydrogens (tertiary/aromatic N) is 3. The van der Waals surface area contributed by atoms with Gasteiger partial charge in [0.25, 0.3) is 0 Å². The minimum atomic E-state index is -0.0905. The molecule has 3 aliphatic heterocycles. The summed E-state index contributed by atoms with van der Waals surface area (Å²) >= 11 is 5.46. The van der Waals surface area contributed by atoms with Crippen molar-refractivity contribution in [2.75, 3.05) is 0 Å². The number of benzene rings is 21. The Kier molecular flexibility index (Phi) is 21.0. The second-order valence-electron chi connectivity index (χ2n) is 35.8. The third-order valence-electron chi connectivity index (χ3n) is 27.1. The van der Waals surface area contributed by atoms with E-state index in [0.29, 0.717) is 0 Å². The topological polar surface area (TPSA) is 33.2 Å². The van der Waals surface area contributed by atoms with Crippen molar-refractivity contribution >= 4 is 101 Å². The number of aromatic nitrogens is 3. The van der Waals surface area contributed by atoms with E-state index in [2.05, 4.69) is 501 Å². The van der Waals surface area contributed by atoms with Crippen molar-refractivity contribution in [2.24, 2.45) is 0 Å². The number of para-hydroxylation sites is 5. The molecule has 0 spiro atoms. The highest BCUT2D eigenvalue weighted by atomic mass is 32.2. The second kappa shape index (κ2) is 34.9. The molecule has 648 valence electrons. The summed E-state index contributed by atoms with van der Waals surface area (Å²) in [7, 11) is 0. The normalized spacial score (nSPS) is 12.5. The van der Waals surface area contributed by atoms with Gasteiger partial charge in [-0.2, -0.15) is 0 Å². The SMILES string of the molecule is CC1(C)c2ccccc2Sc2c1ccc1c3ccccc3n(-c3cccc(-c4cccc(-c5cccc(-c6ccccc6)c5)c4)c3)c21.c1ccc(-c2cccc(-c3cccc(-c4cccc(-n5c6ccccc6c6cc7c(cc65)Sc5ccccc5O7)c4)c3)c2)cc1.c1ccc(-c2cccc(-c3cccc(-c4cccc(-n5c6ccccc6c6ccc7c(c65)Oc5ccccc5S7)c4)c3)c2)cc1. The highest BCUT2D eigenvalue weighted by molar-refractivity contribution is 8.00. The maximum absolute atomic E-state index is 6.66. The van der Waals surface area contributed by atoms with Gasteiger partial charge in [0, 0.05) is 64.6 Å². The van der Waals surface area contributed by atoms with Crippen LogP contribution in [0.25, 0.3) is 183 Å². The van der Waals surface area contributed by atoms with Crippen molar-refractivity contribution in [3.8, 4) is 140 Å². The first kappa shape index (κ1) is 82.6. The van der Waals surface area contributed by atoms with E-state index in [9.17, 15) is 0 Å². The lowest BCUT2D eigenvalue weighted by Crippen LogP contribution is -2.24. The van der Waals surface area contributed by atoms with Gasteiger partial charge in [0.05, 0.1) is 52.7 Å². The molecule has 0 saturated carbocycles. The minimum Gasteiger partial charge on any atom is -0.455 e. The third kappa shape index (κ3) is 15.2. The van der Waals surface area contributed by atoms with Gasteiger partial charge in [-0.15, -0.1) is 0 Å². The molecule has 24 aromatic rings. The summed E-state index contributed by atoms with van der Waals surface area (Å²) in [6, 6.07) is 177. The number of hydrogen-bond donors (Lipinski definition) is 0. The molecule has 0 fully saturated rings. The van der Waals surface area contributed by atoms with E-state index in [1.54, 1.807) is 23.5 Å². The zero-order chi connectivity index (χ0) is 91.0. The molecule has 8 heteroatoms. The summed E-state index contributed by atoms with van der Waals surface area (Å²) in [5, 5.41) is 7.40. The van der Waals surface area contributed by atoms with Gasteiger partial charge < -0.3 is 23.2 Å². The predicted molar refractivity (Wildman–Crippen MR) is 575 cm³/mol. The van der Waals surface area contributed by atoms with Crippen LogP contribution in [0.1, 0.15) is 25.0 Å². The predicted octanol–water partition coefficient (Wildman–Crippen LogP) is 36.7. The Morgan fingerprint density at radius 2 is 0.504 bits per heavy atom. The quantitative estimate of drug-likeness (QED) is 0.122. The molecular formula is C129H87N3O2S3. The fourth-order valence-electron chi connectivity index (χ4n) is 20.4. The molecule has 0 bridgehead atoms. The monoisotopic (exact) mass is 1810 g/mol. The van der Waals surface area contributed by atoms with E-state index in [4.69, 9.17) is 9.47 Å². The molecule has 0 atom stereocenters. The van der Waals surface area contributed by atoms with E-state index in [-0.39, 0.29) is 5.41 Å². The largest absolute Gasteiger partial charge is 0.455 e. The average Bonchev–Trinajstić information content (AvgIpc) is 1.53. The van der Waals surface area contributed by atoms with Gasteiger partial charge in [-0.05, 0) is 251 Å². The van der Waals surface area contributed by atoms with Gasteiger partial charge in [-0.3, -0.25) is 0 Å². The second-order valence-corrected chi connectivity index (χ2v) is 39.0. The van der Waals surface area contributed by atoms with Crippen LogP contribution in [-0.2, 0) is 5.41 Å². The van der Waals surface area contributed by atoms with E-state index < -0.39 is 0 Å². The van der Waals surface area contributed by atoms with Crippen LogP contribution in [0.15, 0.2) is 521 Å². The molecule has 21 aromatic carbocycles. The van der Waals surface area contributed by atoms with Crippen molar-refractivity contribution < 1.29 is 9.47 Å². The summed E-state index contributed by atoms with van der Waals surface area (Å²) in [5.41, 5.74) is 35.0. The Hall–Kier alpha value is -16.3. The Morgan fingerprint density at radius 3 is 0.956 bits per heavy atom. The lowest BCUT2D eigenvalue weighted by molar-refractivity contribution is 0.455. The highest BCUT2D eigenvalue weighted by Gasteiger charge is 2.36. The van der Waals surface area contributed by atoms with Gasteiger partial charge in [-0.1, -0.05) is 401 Å². The summed E-state index contributed by atoms with van der Waals surface area (Å²) in [4.78, 5) is 7.24. The smallest absolute Gasteiger partial charge is 0.166 e. The summed E-state index contributed by atoms with van der Waals surface area (Å²) in [6.07, 6.45) is 0. The van der Waals surface area contributed by atoms with Crippen LogP contribution in [0, 0.1) is 0 Å². The summed E-state index contributed by atoms with van der Waals surface area (Å²) < 4.78 is 20.3. The van der Waals surface area contributed by atoms with E-state index in [1.165, 1.54) is 181 Å². The van der Waals surface area contributed by atoms with Crippen molar-refractivity contribution in [2.45, 2.75) is 48.6 Å². The molecule has 0 aliphatic carbocycles. The van der Waals surface area contributed by atoms with Crippen LogP contribution in [-0.4, -0.2) is 13.7 Å². The molecule has 137 heavy (non-hydrogen) atoms. The minimum absolute atomic E-state index is 0.0905. The van der Waals surface area contributed by atoms with Gasteiger partial charge in [0.1, 0.15) is 17.2 Å². The number of ether oxygens (including phenoxy) is 2. The lowest BCUT2D eigenvalue weighted by Gasteiger charge is -2.35. The van der Waals surface area contributed by atoms with Crippen molar-refractivity contribution in [1.82, 2.24) is 13.7 Å². The highest BCUT2D eigenvalue weighted by Crippen LogP contribution is 2.56. The average molecular weight is 1810 g/mol. The first-order valence-electron chi connectivity index (χ1n) is 46.6. The van der Waals surface area contributed by atoms with Crippen LogP contribution in [0.4, 0.5) is 0 Å². The van der Waals surface area contributed by atoms with Crippen LogP contribution in [0.2, 0.25) is 0 Å². The molecule has 0 amide bonds. The molecule has 0 unspecified atom stereocenters. The lowest BCUT2D eigenvalue weighted by atomic mass is 9.77. The third-order valence-corrected chi connectivity index (χ3v) is 30.5. The summed E-state index contributed by atoms with van der Waals surface area (Å²) in [6.45, 7) is 4.73. The standard InChI is InChI=1S/C45H33NS.2C42H27NOS/c1-45(2)39-22-7-9-24-42(39)47-44-40(45)26-25-38-37-21-6-8-23-41(37)46(43(38)44)36-20-12-19-35(29-36)34-18-11-17-33(28-34)32-16-10-15-31(27-32)30-13-4-3-5-14-30;1-2-11-28(12-3-1)29-13-8-14-30(23-29)31-15-9-16-32(24-31)33-17-10-18-34(25-33)43-37-20-5-4-19-35(37)36-26-40-42(27-38(36)43)45-41-22-7-6-21-39(41)44-40;1-2-11-28(12-3-1)29-13-8-14-30(25-29)31-15-9-16-32(26-31)33-17-10-18-34(27-33)43-37-20-5-4-19-35(37)36-23-24-40-42(41(36)43)44-38-21-6-7-22-39(38)45-40/h3-29H,1-2H3;2*1-27H. The van der Waals surface area contributed by atoms with Crippen molar-refractivity contribution in [1.29, 1.82) is 0 Å². The Bertz CT molecular complexity index is 8850. The van der Waals surface area contributed by atoms with Crippen LogP contribution in [0.3, 0.4) is 0 Å². The molecule has 5 nitrogen and oxygen atoms in total. The number of fused-ring (bicyclic) bond motifs is 17. The van der Waals surface area contributed by atoms with Crippen molar-refractivity contribution in [3.05, 3.63) is 503 Å². The molecular weight excluding hydrogens is 1720 g/mol.